The fraction of sp³-hybridized carbons (Fsp3) is 0.0870. The standard InChI is InChI=1S/C23H17N5O3/c1-14(28-21(30)17-5-2-3-6-18(17)22(28)31)20(29)25-16-9-7-15(8-10-16)19-13-27-12-4-11-24-23(27)26-19/h2-14H,1H3,(H,25,29)/t14-/m0/s1. The number of carbonyl (C=O) groups is 3. The van der Waals surface area contributed by atoms with Crippen LogP contribution < -0.4 is 5.32 Å². The van der Waals surface area contributed by atoms with Crippen molar-refractivity contribution in [2.45, 2.75) is 13.0 Å². The topological polar surface area (TPSA) is 96.7 Å². The molecular formula is C23H17N5O3. The Bertz CT molecular complexity index is 1270. The predicted molar refractivity (Wildman–Crippen MR) is 113 cm³/mol. The third kappa shape index (κ3) is 3.14. The molecule has 4 aromatic rings. The molecule has 8 heteroatoms. The molecule has 2 aromatic heterocycles. The van der Waals surface area contributed by atoms with Gasteiger partial charge in [0.2, 0.25) is 11.7 Å². The van der Waals surface area contributed by atoms with Crippen molar-refractivity contribution in [3.05, 3.63) is 84.3 Å². The highest BCUT2D eigenvalue weighted by Gasteiger charge is 2.40. The average Bonchev–Trinajstić information content (AvgIpc) is 3.33. The fourth-order valence-electron chi connectivity index (χ4n) is 3.62. The van der Waals surface area contributed by atoms with Crippen LogP contribution >= 0.6 is 0 Å². The molecule has 152 valence electrons. The molecule has 1 atom stereocenters. The maximum Gasteiger partial charge on any atom is 0.262 e. The first-order chi connectivity index (χ1) is 15.0. The summed E-state index contributed by atoms with van der Waals surface area (Å²) in [6, 6.07) is 14.6. The molecule has 0 aliphatic carbocycles. The third-order valence-corrected chi connectivity index (χ3v) is 5.28. The fourth-order valence-corrected chi connectivity index (χ4v) is 3.62. The molecule has 0 bridgehead atoms. The summed E-state index contributed by atoms with van der Waals surface area (Å²) in [5.74, 6) is -0.762. The van der Waals surface area contributed by atoms with E-state index in [-0.39, 0.29) is 0 Å². The number of anilines is 1. The number of rotatable bonds is 4. The van der Waals surface area contributed by atoms with Crippen LogP contribution in [0.1, 0.15) is 27.6 Å². The minimum absolute atomic E-state index is 0.318. The maximum atomic E-state index is 12.7. The van der Waals surface area contributed by atoms with Crippen molar-refractivity contribution in [2.75, 3.05) is 5.32 Å². The second kappa shape index (κ2) is 7.17. The molecule has 31 heavy (non-hydrogen) atoms. The average molecular weight is 411 g/mol. The van der Waals surface area contributed by atoms with Gasteiger partial charge in [-0.15, -0.1) is 0 Å². The first kappa shape index (κ1) is 18.7. The van der Waals surface area contributed by atoms with Gasteiger partial charge in [0, 0.05) is 29.8 Å². The van der Waals surface area contributed by atoms with E-state index in [1.807, 2.05) is 35.0 Å². The molecule has 0 unspecified atom stereocenters. The zero-order chi connectivity index (χ0) is 21.5. The van der Waals surface area contributed by atoms with Gasteiger partial charge >= 0.3 is 0 Å². The summed E-state index contributed by atoms with van der Waals surface area (Å²) in [7, 11) is 0. The van der Waals surface area contributed by atoms with Crippen molar-refractivity contribution in [3.8, 4) is 11.3 Å². The van der Waals surface area contributed by atoms with Gasteiger partial charge in [-0.05, 0) is 37.3 Å². The van der Waals surface area contributed by atoms with Gasteiger partial charge in [0.15, 0.2) is 0 Å². The predicted octanol–water partition coefficient (Wildman–Crippen LogP) is 3.02. The number of nitrogens with zero attached hydrogens (tertiary/aromatic N) is 4. The lowest BCUT2D eigenvalue weighted by molar-refractivity contribution is -0.119. The van der Waals surface area contributed by atoms with E-state index in [4.69, 9.17) is 0 Å². The number of hydrogen-bond donors (Lipinski definition) is 1. The highest BCUT2D eigenvalue weighted by Crippen LogP contribution is 2.25. The Hall–Kier alpha value is -4.33. The van der Waals surface area contributed by atoms with Crippen LogP contribution in [0.15, 0.2) is 73.2 Å². The molecule has 0 spiro atoms. The minimum atomic E-state index is -0.948. The van der Waals surface area contributed by atoms with Crippen LogP contribution in [0.4, 0.5) is 5.69 Å². The highest BCUT2D eigenvalue weighted by atomic mass is 16.2. The van der Waals surface area contributed by atoms with E-state index in [1.54, 1.807) is 42.6 Å². The first-order valence-electron chi connectivity index (χ1n) is 9.71. The summed E-state index contributed by atoms with van der Waals surface area (Å²) in [5.41, 5.74) is 2.82. The van der Waals surface area contributed by atoms with Gasteiger partial charge < -0.3 is 5.32 Å². The Morgan fingerprint density at radius 3 is 2.29 bits per heavy atom. The number of carbonyl (C=O) groups excluding carboxylic acids is 3. The van der Waals surface area contributed by atoms with E-state index in [2.05, 4.69) is 15.3 Å². The smallest absolute Gasteiger partial charge is 0.262 e. The number of imide groups is 1. The van der Waals surface area contributed by atoms with E-state index >= 15 is 0 Å². The van der Waals surface area contributed by atoms with Crippen molar-refractivity contribution in [1.29, 1.82) is 0 Å². The maximum absolute atomic E-state index is 12.7. The first-order valence-corrected chi connectivity index (χ1v) is 9.71. The molecule has 3 heterocycles. The Morgan fingerprint density at radius 1 is 0.968 bits per heavy atom. The number of amides is 3. The number of hydrogen-bond acceptors (Lipinski definition) is 5. The van der Waals surface area contributed by atoms with Gasteiger partial charge in [-0.1, -0.05) is 24.3 Å². The van der Waals surface area contributed by atoms with E-state index in [0.29, 0.717) is 22.6 Å². The van der Waals surface area contributed by atoms with E-state index < -0.39 is 23.8 Å². The zero-order valence-electron chi connectivity index (χ0n) is 16.5. The molecule has 1 aliphatic heterocycles. The normalized spacial score (nSPS) is 14.0. The van der Waals surface area contributed by atoms with Gasteiger partial charge in [0.25, 0.3) is 11.8 Å². The summed E-state index contributed by atoms with van der Waals surface area (Å²) >= 11 is 0. The Labute approximate surface area is 177 Å². The van der Waals surface area contributed by atoms with Crippen LogP contribution in [0, 0.1) is 0 Å². The molecule has 0 radical (unpaired) electrons. The molecule has 1 N–H and O–H groups in total. The molecule has 3 amide bonds. The van der Waals surface area contributed by atoms with E-state index in [1.165, 1.54) is 6.92 Å². The zero-order valence-corrected chi connectivity index (χ0v) is 16.5. The van der Waals surface area contributed by atoms with E-state index in [9.17, 15) is 14.4 Å². The van der Waals surface area contributed by atoms with Crippen LogP contribution in [0.25, 0.3) is 17.0 Å². The second-order valence-corrected chi connectivity index (χ2v) is 7.22. The largest absolute Gasteiger partial charge is 0.324 e. The van der Waals surface area contributed by atoms with Crippen molar-refractivity contribution in [3.63, 3.8) is 0 Å². The molecule has 0 saturated carbocycles. The van der Waals surface area contributed by atoms with Gasteiger partial charge in [-0.3, -0.25) is 23.7 Å². The lowest BCUT2D eigenvalue weighted by Crippen LogP contribution is -2.45. The summed E-state index contributed by atoms with van der Waals surface area (Å²) in [5, 5.41) is 2.77. The number of benzene rings is 2. The van der Waals surface area contributed by atoms with Crippen molar-refractivity contribution in [1.82, 2.24) is 19.3 Å². The molecule has 5 rings (SSSR count). The Kier molecular flexibility index (Phi) is 4.32. The summed E-state index contributed by atoms with van der Waals surface area (Å²) in [6.45, 7) is 1.54. The molecule has 1 aliphatic rings. The van der Waals surface area contributed by atoms with E-state index in [0.717, 1.165) is 16.2 Å². The molecular weight excluding hydrogens is 394 g/mol. The van der Waals surface area contributed by atoms with Crippen LogP contribution in [0.3, 0.4) is 0 Å². The summed E-state index contributed by atoms with van der Waals surface area (Å²) < 4.78 is 1.83. The molecule has 0 fully saturated rings. The van der Waals surface area contributed by atoms with Crippen LogP contribution in [-0.2, 0) is 4.79 Å². The molecule has 2 aromatic carbocycles. The van der Waals surface area contributed by atoms with Crippen molar-refractivity contribution >= 4 is 29.2 Å². The van der Waals surface area contributed by atoms with Crippen molar-refractivity contribution in [2.24, 2.45) is 0 Å². The van der Waals surface area contributed by atoms with Gasteiger partial charge in [-0.25, -0.2) is 9.97 Å². The van der Waals surface area contributed by atoms with Gasteiger partial charge in [0.1, 0.15) is 6.04 Å². The number of imidazole rings is 1. The Balaban J connectivity index is 1.31. The van der Waals surface area contributed by atoms with Crippen molar-refractivity contribution < 1.29 is 14.4 Å². The second-order valence-electron chi connectivity index (χ2n) is 7.22. The van der Waals surface area contributed by atoms with Gasteiger partial charge in [0.05, 0.1) is 16.8 Å². The van der Waals surface area contributed by atoms with Crippen LogP contribution in [0.2, 0.25) is 0 Å². The number of fused-ring (bicyclic) bond motifs is 2. The minimum Gasteiger partial charge on any atom is -0.324 e. The number of nitrogens with one attached hydrogen (secondary N) is 1. The third-order valence-electron chi connectivity index (χ3n) is 5.28. The quantitative estimate of drug-likeness (QED) is 0.521. The monoisotopic (exact) mass is 411 g/mol. The lowest BCUT2D eigenvalue weighted by atomic mass is 10.1. The van der Waals surface area contributed by atoms with Crippen LogP contribution in [-0.4, -0.2) is 43.0 Å². The SMILES string of the molecule is C[C@@H](C(=O)Nc1ccc(-c2cn3cccnc3n2)cc1)N1C(=O)c2ccccc2C1=O. The van der Waals surface area contributed by atoms with Gasteiger partial charge in [-0.2, -0.15) is 0 Å². The molecule has 0 saturated heterocycles. The Morgan fingerprint density at radius 2 is 1.65 bits per heavy atom. The lowest BCUT2D eigenvalue weighted by Gasteiger charge is -2.21. The summed E-state index contributed by atoms with van der Waals surface area (Å²) in [6.07, 6.45) is 5.43. The van der Waals surface area contributed by atoms with Crippen LogP contribution in [0.5, 0.6) is 0 Å². The molecule has 8 nitrogen and oxygen atoms in total. The highest BCUT2D eigenvalue weighted by molar-refractivity contribution is 6.23. The summed E-state index contributed by atoms with van der Waals surface area (Å²) in [4.78, 5) is 47.6. The number of aromatic nitrogens is 3.